The summed E-state index contributed by atoms with van der Waals surface area (Å²) in [5.41, 5.74) is 2.03. The third-order valence-electron chi connectivity index (χ3n) is 6.38. The van der Waals surface area contributed by atoms with Crippen LogP contribution in [0.25, 0.3) is 11.3 Å². The van der Waals surface area contributed by atoms with Gasteiger partial charge in [-0.2, -0.15) is 4.98 Å². The molecule has 0 aliphatic heterocycles. The Balaban J connectivity index is 1.55. The molecule has 2 atom stereocenters. The summed E-state index contributed by atoms with van der Waals surface area (Å²) < 4.78 is 42.9. The topological polar surface area (TPSA) is 136 Å². The summed E-state index contributed by atoms with van der Waals surface area (Å²) in [6, 6.07) is 8.73. The number of imidazole rings is 1. The summed E-state index contributed by atoms with van der Waals surface area (Å²) in [5, 5.41) is 2.91. The lowest BCUT2D eigenvalue weighted by Gasteiger charge is -2.24. The van der Waals surface area contributed by atoms with E-state index < -0.39 is 19.5 Å². The number of carbonyl (C=O) groups excluding carboxylic acids is 1. The van der Waals surface area contributed by atoms with E-state index in [2.05, 4.69) is 33.9 Å². The molecule has 1 aromatic carbocycles. The van der Waals surface area contributed by atoms with Gasteiger partial charge in [0.25, 0.3) is 7.52 Å². The highest BCUT2D eigenvalue weighted by Crippen LogP contribution is 2.46. The molecule has 0 amide bonds. The van der Waals surface area contributed by atoms with E-state index in [1.54, 1.807) is 30.2 Å². The molecule has 3 aromatic rings. The van der Waals surface area contributed by atoms with Crippen LogP contribution in [0.1, 0.15) is 39.2 Å². The van der Waals surface area contributed by atoms with Gasteiger partial charge < -0.3 is 28.0 Å². The minimum atomic E-state index is -3.46. The fourth-order valence-corrected chi connectivity index (χ4v) is 5.93. The smallest absolute Gasteiger partial charge is 0.323 e. The van der Waals surface area contributed by atoms with Crippen LogP contribution in [0.15, 0.2) is 49.1 Å². The maximum Gasteiger partial charge on any atom is 0.323 e. The molecule has 2 heterocycles. The van der Waals surface area contributed by atoms with Gasteiger partial charge in [-0.15, -0.1) is 0 Å². The molecule has 0 saturated carbocycles. The fraction of sp³-hybridized carbons (Fsp3) is 0.500. The predicted octanol–water partition coefficient (Wildman–Crippen LogP) is 4.70. The monoisotopic (exact) mass is 589 g/mol. The molecule has 2 aromatic heterocycles. The first-order chi connectivity index (χ1) is 19.8. The highest BCUT2D eigenvalue weighted by molar-refractivity contribution is 7.56. The number of nitrogens with one attached hydrogen (secondary N) is 1. The fourth-order valence-electron chi connectivity index (χ4n) is 3.91. The summed E-state index contributed by atoms with van der Waals surface area (Å²) in [6.07, 6.45) is 6.92. The van der Waals surface area contributed by atoms with Crippen LogP contribution in [0.5, 0.6) is 11.9 Å². The van der Waals surface area contributed by atoms with Gasteiger partial charge in [0.05, 0.1) is 57.8 Å². The van der Waals surface area contributed by atoms with E-state index in [1.165, 1.54) is 14.2 Å². The van der Waals surface area contributed by atoms with Crippen molar-refractivity contribution >= 4 is 13.5 Å². The number of nitrogens with zero attached hydrogens (tertiary/aromatic N) is 4. The molecule has 224 valence electrons. The molecular weight excluding hydrogens is 549 g/mol. The molecule has 3 rings (SSSR count). The molecule has 0 spiro atoms. The zero-order valence-electron chi connectivity index (χ0n) is 24.3. The van der Waals surface area contributed by atoms with Gasteiger partial charge in [0.15, 0.2) is 0 Å². The number of ether oxygens (including phenoxy) is 4. The second kappa shape index (κ2) is 16.2. The minimum absolute atomic E-state index is 0.0499. The first-order valence-electron chi connectivity index (χ1n) is 13.6. The third kappa shape index (κ3) is 9.93. The molecule has 12 nitrogen and oxygen atoms in total. The molecule has 13 heteroatoms. The maximum atomic E-state index is 13.8. The van der Waals surface area contributed by atoms with Crippen molar-refractivity contribution in [2.45, 2.75) is 52.5 Å². The SMILES string of the molecule is CCC(CC)COC(=O)[C@H](C)NP(=O)(Cc1ccccc1)OCCOCn1cnc(-c2cnc(OC)nc2OC)c1. The molecule has 0 aliphatic rings. The number of carbonyl (C=O) groups is 1. The van der Waals surface area contributed by atoms with E-state index in [9.17, 15) is 9.36 Å². The highest BCUT2D eigenvalue weighted by Gasteiger charge is 2.29. The average molecular weight is 590 g/mol. The van der Waals surface area contributed by atoms with Crippen molar-refractivity contribution in [1.82, 2.24) is 24.6 Å². The zero-order chi connectivity index (χ0) is 29.7. The molecule has 0 radical (unpaired) electrons. The van der Waals surface area contributed by atoms with Gasteiger partial charge >= 0.3 is 12.0 Å². The quantitative estimate of drug-likeness (QED) is 0.126. The van der Waals surface area contributed by atoms with Gasteiger partial charge in [0, 0.05) is 12.4 Å². The number of methoxy groups -OCH3 is 2. The van der Waals surface area contributed by atoms with Crippen LogP contribution in [-0.2, 0) is 36.2 Å². The van der Waals surface area contributed by atoms with Gasteiger partial charge in [0.2, 0.25) is 5.88 Å². The van der Waals surface area contributed by atoms with Crippen molar-refractivity contribution < 1.29 is 32.8 Å². The number of esters is 1. The predicted molar refractivity (Wildman–Crippen MR) is 154 cm³/mol. The maximum absolute atomic E-state index is 13.8. The summed E-state index contributed by atoms with van der Waals surface area (Å²) >= 11 is 0. The van der Waals surface area contributed by atoms with E-state index in [0.29, 0.717) is 29.7 Å². The Morgan fingerprint density at radius 3 is 2.51 bits per heavy atom. The molecule has 0 aliphatic carbocycles. The van der Waals surface area contributed by atoms with E-state index in [4.69, 9.17) is 23.5 Å². The van der Waals surface area contributed by atoms with Crippen LogP contribution in [-0.4, -0.2) is 65.6 Å². The average Bonchev–Trinajstić information content (AvgIpc) is 3.46. The summed E-state index contributed by atoms with van der Waals surface area (Å²) in [6.45, 7) is 6.49. The standard InChI is InChI=1S/C28H40N5O7P/c1-6-22(7-2)17-39-27(34)21(3)32-41(35,18-23-11-9-8-10-12-23)40-14-13-38-20-33-16-25(30-19-33)24-15-29-28(37-5)31-26(24)36-4/h8-12,15-16,19,21-22H,6-7,13-14,17-18,20H2,1-5H3,(H,32,35)/t21-,41?/m0/s1. The number of benzene rings is 1. The molecule has 1 N–H and O–H groups in total. The van der Waals surface area contributed by atoms with Crippen LogP contribution >= 0.6 is 7.52 Å². The van der Waals surface area contributed by atoms with E-state index in [1.807, 2.05) is 30.3 Å². The summed E-state index contributed by atoms with van der Waals surface area (Å²) in [7, 11) is -0.478. The Hall–Kier alpha value is -3.31. The van der Waals surface area contributed by atoms with Crippen LogP contribution in [0, 0.1) is 5.92 Å². The van der Waals surface area contributed by atoms with Crippen molar-refractivity contribution in [3.05, 3.63) is 54.6 Å². The molecule has 41 heavy (non-hydrogen) atoms. The van der Waals surface area contributed by atoms with Crippen molar-refractivity contribution in [1.29, 1.82) is 0 Å². The molecule has 0 saturated heterocycles. The number of hydrogen-bond acceptors (Lipinski definition) is 10. The van der Waals surface area contributed by atoms with Crippen molar-refractivity contribution in [2.75, 3.05) is 34.0 Å². The van der Waals surface area contributed by atoms with E-state index in [0.717, 1.165) is 18.4 Å². The van der Waals surface area contributed by atoms with Gasteiger partial charge in [-0.3, -0.25) is 9.36 Å². The lowest BCUT2D eigenvalue weighted by Crippen LogP contribution is -2.35. The molecule has 0 bridgehead atoms. The third-order valence-corrected chi connectivity index (χ3v) is 8.54. The van der Waals surface area contributed by atoms with Crippen molar-refractivity contribution in [3.8, 4) is 23.1 Å². The Morgan fingerprint density at radius 2 is 1.83 bits per heavy atom. The number of hydrogen-bond donors (Lipinski definition) is 1. The first-order valence-corrected chi connectivity index (χ1v) is 15.4. The first kappa shape index (κ1) is 32.2. The van der Waals surface area contributed by atoms with Crippen LogP contribution in [0.4, 0.5) is 0 Å². The zero-order valence-corrected chi connectivity index (χ0v) is 25.2. The number of aromatic nitrogens is 4. The van der Waals surface area contributed by atoms with Crippen LogP contribution in [0.2, 0.25) is 0 Å². The van der Waals surface area contributed by atoms with Gasteiger partial charge in [0.1, 0.15) is 12.8 Å². The summed E-state index contributed by atoms with van der Waals surface area (Å²) in [4.78, 5) is 25.3. The normalized spacial score (nSPS) is 13.5. The number of rotatable bonds is 18. The van der Waals surface area contributed by atoms with Crippen molar-refractivity contribution in [2.24, 2.45) is 5.92 Å². The Kier molecular flexibility index (Phi) is 12.7. The summed E-state index contributed by atoms with van der Waals surface area (Å²) in [5.74, 6) is 0.181. The second-order valence-electron chi connectivity index (χ2n) is 9.40. The molecule has 1 unspecified atom stereocenters. The van der Waals surface area contributed by atoms with E-state index in [-0.39, 0.29) is 32.1 Å². The van der Waals surface area contributed by atoms with Crippen LogP contribution in [0.3, 0.4) is 0 Å². The Bertz CT molecular complexity index is 1270. The van der Waals surface area contributed by atoms with E-state index >= 15 is 0 Å². The molecular formula is C28H40N5O7P. The minimum Gasteiger partial charge on any atom is -0.480 e. The Morgan fingerprint density at radius 1 is 1.07 bits per heavy atom. The van der Waals surface area contributed by atoms with Gasteiger partial charge in [-0.05, 0) is 18.4 Å². The lowest BCUT2D eigenvalue weighted by molar-refractivity contribution is -0.146. The van der Waals surface area contributed by atoms with Gasteiger partial charge in [-0.25, -0.2) is 15.1 Å². The largest absolute Gasteiger partial charge is 0.480 e. The Labute approximate surface area is 241 Å². The van der Waals surface area contributed by atoms with Gasteiger partial charge in [-0.1, -0.05) is 57.0 Å². The van der Waals surface area contributed by atoms with Crippen LogP contribution < -0.4 is 14.6 Å². The highest BCUT2D eigenvalue weighted by atomic mass is 31.2. The molecule has 0 fully saturated rings. The lowest BCUT2D eigenvalue weighted by atomic mass is 10.1. The second-order valence-corrected chi connectivity index (χ2v) is 11.6. The van der Waals surface area contributed by atoms with Crippen molar-refractivity contribution in [3.63, 3.8) is 0 Å².